The minimum absolute atomic E-state index is 0.362. The molecule has 1 aromatic carbocycles. The summed E-state index contributed by atoms with van der Waals surface area (Å²) in [5.41, 5.74) is 0.831. The Hall–Kier alpha value is -2.25. The number of nitrogens with zero attached hydrogens (tertiary/aromatic N) is 5. The fourth-order valence-corrected chi connectivity index (χ4v) is 3.28. The van der Waals surface area contributed by atoms with Crippen LogP contribution in [0.3, 0.4) is 0 Å². The average molecular weight is 360 g/mol. The number of aromatic nitrogens is 4. The molecule has 0 amide bonds. The van der Waals surface area contributed by atoms with E-state index in [2.05, 4.69) is 25.2 Å². The van der Waals surface area contributed by atoms with Gasteiger partial charge in [0.1, 0.15) is 0 Å². The molecule has 3 heterocycles. The van der Waals surface area contributed by atoms with E-state index in [0.29, 0.717) is 35.1 Å². The third-order valence-electron chi connectivity index (χ3n) is 4.40. The van der Waals surface area contributed by atoms with Gasteiger partial charge in [-0.25, -0.2) is 0 Å². The molecule has 0 saturated carbocycles. The first kappa shape index (κ1) is 16.2. The van der Waals surface area contributed by atoms with Gasteiger partial charge in [0, 0.05) is 23.4 Å². The molecule has 0 atom stereocenters. The van der Waals surface area contributed by atoms with E-state index in [1.807, 2.05) is 31.2 Å². The zero-order valence-electron chi connectivity index (χ0n) is 13.9. The van der Waals surface area contributed by atoms with Gasteiger partial charge in [-0.1, -0.05) is 28.0 Å². The van der Waals surface area contributed by atoms with Crippen LogP contribution in [0.2, 0.25) is 5.02 Å². The Morgan fingerprint density at radius 3 is 2.72 bits per heavy atom. The van der Waals surface area contributed by atoms with Crippen molar-refractivity contribution in [3.63, 3.8) is 0 Å². The van der Waals surface area contributed by atoms with Crippen LogP contribution >= 0.6 is 11.6 Å². The maximum atomic E-state index is 6.01. The van der Waals surface area contributed by atoms with E-state index in [9.17, 15) is 0 Å². The quantitative estimate of drug-likeness (QED) is 0.705. The second-order valence-electron chi connectivity index (χ2n) is 6.25. The van der Waals surface area contributed by atoms with E-state index in [1.165, 1.54) is 0 Å². The van der Waals surface area contributed by atoms with Gasteiger partial charge in [0.25, 0.3) is 5.89 Å². The number of hydrogen-bond acceptors (Lipinski definition) is 7. The zero-order chi connectivity index (χ0) is 17.2. The number of piperidine rings is 1. The number of likely N-dealkylation sites (tertiary alicyclic amines) is 1. The molecule has 1 aliphatic heterocycles. The molecular formula is C17H18ClN5O2. The molecule has 0 radical (unpaired) electrons. The van der Waals surface area contributed by atoms with Crippen molar-refractivity contribution in [2.75, 3.05) is 13.1 Å². The zero-order valence-corrected chi connectivity index (χ0v) is 14.6. The molecule has 0 unspecified atom stereocenters. The molecule has 1 aliphatic rings. The molecule has 0 N–H and O–H groups in total. The van der Waals surface area contributed by atoms with Crippen LogP contribution in [-0.4, -0.2) is 38.3 Å². The molecule has 7 nitrogen and oxygen atoms in total. The van der Waals surface area contributed by atoms with Crippen LogP contribution in [0.1, 0.15) is 36.3 Å². The monoisotopic (exact) mass is 359 g/mol. The van der Waals surface area contributed by atoms with Crippen LogP contribution < -0.4 is 0 Å². The van der Waals surface area contributed by atoms with E-state index in [-0.39, 0.29) is 0 Å². The maximum absolute atomic E-state index is 6.01. The van der Waals surface area contributed by atoms with Crippen molar-refractivity contribution in [3.05, 3.63) is 46.8 Å². The SMILES string of the molecule is Cc1nc(C2CCN(Cc3noc(-c4cccc(Cl)c4)n3)CC2)no1. The van der Waals surface area contributed by atoms with Gasteiger partial charge >= 0.3 is 0 Å². The van der Waals surface area contributed by atoms with Crippen LogP contribution in [-0.2, 0) is 6.54 Å². The second kappa shape index (κ2) is 6.93. The predicted molar refractivity (Wildman–Crippen MR) is 91.0 cm³/mol. The van der Waals surface area contributed by atoms with E-state index in [0.717, 1.165) is 37.3 Å². The lowest BCUT2D eigenvalue weighted by atomic mass is 9.96. The Kier molecular flexibility index (Phi) is 4.50. The smallest absolute Gasteiger partial charge is 0.258 e. The Labute approximate surface area is 150 Å². The van der Waals surface area contributed by atoms with E-state index >= 15 is 0 Å². The van der Waals surface area contributed by atoms with Crippen LogP contribution in [0.25, 0.3) is 11.5 Å². The average Bonchev–Trinajstić information content (AvgIpc) is 3.25. The fourth-order valence-electron chi connectivity index (χ4n) is 3.09. The standard InChI is InChI=1S/C17H18ClN5O2/c1-11-19-16(22-24-11)12-5-7-23(8-6-12)10-15-20-17(25-21-15)13-3-2-4-14(18)9-13/h2-4,9,12H,5-8,10H2,1H3. The topological polar surface area (TPSA) is 81.1 Å². The van der Waals surface area contributed by atoms with Crippen LogP contribution in [0.5, 0.6) is 0 Å². The number of benzene rings is 1. The molecule has 0 aliphatic carbocycles. The largest absolute Gasteiger partial charge is 0.340 e. The van der Waals surface area contributed by atoms with Gasteiger partial charge in [-0.3, -0.25) is 4.90 Å². The summed E-state index contributed by atoms with van der Waals surface area (Å²) in [5, 5.41) is 8.77. The number of hydrogen-bond donors (Lipinski definition) is 0. The minimum atomic E-state index is 0.362. The highest BCUT2D eigenvalue weighted by molar-refractivity contribution is 6.30. The minimum Gasteiger partial charge on any atom is -0.340 e. The van der Waals surface area contributed by atoms with Gasteiger partial charge in [-0.05, 0) is 44.1 Å². The number of rotatable bonds is 4. The van der Waals surface area contributed by atoms with E-state index in [4.69, 9.17) is 20.6 Å². The van der Waals surface area contributed by atoms with E-state index < -0.39 is 0 Å². The lowest BCUT2D eigenvalue weighted by Crippen LogP contribution is -2.33. The first-order valence-electron chi connectivity index (χ1n) is 8.28. The summed E-state index contributed by atoms with van der Waals surface area (Å²) in [6.07, 6.45) is 2.00. The van der Waals surface area contributed by atoms with Crippen molar-refractivity contribution in [2.45, 2.75) is 32.2 Å². The van der Waals surface area contributed by atoms with Crippen molar-refractivity contribution in [2.24, 2.45) is 0 Å². The summed E-state index contributed by atoms with van der Waals surface area (Å²) in [6, 6.07) is 7.41. The van der Waals surface area contributed by atoms with Crippen LogP contribution in [0.15, 0.2) is 33.3 Å². The Balaban J connectivity index is 1.36. The highest BCUT2D eigenvalue weighted by Gasteiger charge is 2.25. The number of aryl methyl sites for hydroxylation is 1. The molecule has 3 aromatic rings. The Bertz CT molecular complexity index is 854. The van der Waals surface area contributed by atoms with Crippen molar-refractivity contribution in [1.82, 2.24) is 25.2 Å². The first-order chi connectivity index (χ1) is 12.2. The number of halogens is 1. The molecule has 0 bridgehead atoms. The van der Waals surface area contributed by atoms with Gasteiger partial charge in [0.05, 0.1) is 6.54 Å². The lowest BCUT2D eigenvalue weighted by molar-refractivity contribution is 0.194. The maximum Gasteiger partial charge on any atom is 0.258 e. The van der Waals surface area contributed by atoms with Gasteiger partial charge in [0.2, 0.25) is 5.89 Å². The van der Waals surface area contributed by atoms with E-state index in [1.54, 1.807) is 0 Å². The molecule has 130 valence electrons. The van der Waals surface area contributed by atoms with Gasteiger partial charge in [0.15, 0.2) is 11.6 Å². The summed E-state index contributed by atoms with van der Waals surface area (Å²) in [6.45, 7) is 4.38. The highest BCUT2D eigenvalue weighted by Crippen LogP contribution is 2.27. The predicted octanol–water partition coefficient (Wildman–Crippen LogP) is 3.46. The second-order valence-corrected chi connectivity index (χ2v) is 6.68. The molecule has 8 heteroatoms. The summed E-state index contributed by atoms with van der Waals surface area (Å²) >= 11 is 6.01. The molecule has 2 aromatic heterocycles. The molecule has 1 fully saturated rings. The summed E-state index contributed by atoms with van der Waals surface area (Å²) in [5.74, 6) is 2.98. The molecule has 1 saturated heterocycles. The molecular weight excluding hydrogens is 342 g/mol. The van der Waals surface area contributed by atoms with Crippen molar-refractivity contribution >= 4 is 11.6 Å². The van der Waals surface area contributed by atoms with Crippen molar-refractivity contribution < 1.29 is 9.05 Å². The first-order valence-corrected chi connectivity index (χ1v) is 8.66. The summed E-state index contributed by atoms with van der Waals surface area (Å²) in [4.78, 5) is 11.1. The normalized spacial score (nSPS) is 16.4. The van der Waals surface area contributed by atoms with Gasteiger partial charge < -0.3 is 9.05 Å². The summed E-state index contributed by atoms with van der Waals surface area (Å²) < 4.78 is 10.4. The Morgan fingerprint density at radius 1 is 1.16 bits per heavy atom. The fraction of sp³-hybridized carbons (Fsp3) is 0.412. The third-order valence-corrected chi connectivity index (χ3v) is 4.64. The van der Waals surface area contributed by atoms with Crippen molar-refractivity contribution in [3.8, 4) is 11.5 Å². The van der Waals surface area contributed by atoms with Gasteiger partial charge in [-0.2, -0.15) is 9.97 Å². The van der Waals surface area contributed by atoms with Crippen molar-refractivity contribution in [1.29, 1.82) is 0 Å². The van der Waals surface area contributed by atoms with Gasteiger partial charge in [-0.15, -0.1) is 0 Å². The van der Waals surface area contributed by atoms with Crippen LogP contribution in [0.4, 0.5) is 0 Å². The molecule has 0 spiro atoms. The highest BCUT2D eigenvalue weighted by atomic mass is 35.5. The lowest BCUT2D eigenvalue weighted by Gasteiger charge is -2.29. The molecule has 25 heavy (non-hydrogen) atoms. The summed E-state index contributed by atoms with van der Waals surface area (Å²) in [7, 11) is 0. The molecule has 4 rings (SSSR count). The third kappa shape index (κ3) is 3.72. The van der Waals surface area contributed by atoms with Crippen LogP contribution in [0, 0.1) is 6.92 Å². The Morgan fingerprint density at radius 2 is 2.00 bits per heavy atom.